The van der Waals surface area contributed by atoms with Gasteiger partial charge in [0.1, 0.15) is 0 Å². The van der Waals surface area contributed by atoms with Crippen LogP contribution in [-0.4, -0.2) is 56.1 Å². The molecule has 0 saturated carbocycles. The van der Waals surface area contributed by atoms with Crippen LogP contribution < -0.4 is 0 Å². The van der Waals surface area contributed by atoms with Crippen molar-refractivity contribution in [1.82, 2.24) is 9.21 Å². The van der Waals surface area contributed by atoms with Crippen molar-refractivity contribution in [2.75, 3.05) is 32.4 Å². The number of piperazine rings is 1. The summed E-state index contributed by atoms with van der Waals surface area (Å²) in [6, 6.07) is 0.329. The van der Waals surface area contributed by atoms with Crippen LogP contribution in [0.5, 0.6) is 0 Å². The maximum absolute atomic E-state index is 11.7. The first kappa shape index (κ1) is 11.9. The highest BCUT2D eigenvalue weighted by atomic mass is 32.2. The first-order chi connectivity index (χ1) is 6.47. The summed E-state index contributed by atoms with van der Waals surface area (Å²) < 4.78 is 25.1. The molecule has 0 aromatic heterocycles. The van der Waals surface area contributed by atoms with E-state index in [9.17, 15) is 8.42 Å². The Morgan fingerprint density at radius 2 is 2.00 bits per heavy atom. The Balaban J connectivity index is 2.63. The highest BCUT2D eigenvalue weighted by Gasteiger charge is 2.28. The molecular formula is C9H20N2O2S. The van der Waals surface area contributed by atoms with Crippen molar-refractivity contribution in [1.29, 1.82) is 0 Å². The number of sulfonamides is 1. The topological polar surface area (TPSA) is 40.6 Å². The number of hydrogen-bond donors (Lipinski definition) is 0. The molecule has 0 aliphatic carbocycles. The standard InChI is InChI=1S/C9H20N2O2S/c1-4-7-14(12,13)11-6-5-10(3)9(2)8-11/h9H,4-8H2,1-3H3. The molecule has 0 bridgehead atoms. The lowest BCUT2D eigenvalue weighted by molar-refractivity contribution is 0.159. The Kier molecular flexibility index (Phi) is 3.92. The molecule has 5 heteroatoms. The molecule has 0 spiro atoms. The van der Waals surface area contributed by atoms with Gasteiger partial charge in [-0.3, -0.25) is 0 Å². The number of nitrogens with zero attached hydrogens (tertiary/aromatic N) is 2. The van der Waals surface area contributed by atoms with E-state index in [2.05, 4.69) is 11.8 Å². The van der Waals surface area contributed by atoms with Gasteiger partial charge in [0.25, 0.3) is 0 Å². The van der Waals surface area contributed by atoms with Gasteiger partial charge in [-0.15, -0.1) is 0 Å². The maximum atomic E-state index is 11.7. The number of rotatable bonds is 3. The summed E-state index contributed by atoms with van der Waals surface area (Å²) in [7, 11) is -0.947. The average molecular weight is 220 g/mol. The van der Waals surface area contributed by atoms with E-state index >= 15 is 0 Å². The number of likely N-dealkylation sites (N-methyl/N-ethyl adjacent to an activating group) is 1. The number of hydrogen-bond acceptors (Lipinski definition) is 3. The van der Waals surface area contributed by atoms with Crippen molar-refractivity contribution in [2.24, 2.45) is 0 Å². The van der Waals surface area contributed by atoms with Crippen LogP contribution in [0.25, 0.3) is 0 Å². The highest BCUT2D eigenvalue weighted by molar-refractivity contribution is 7.89. The van der Waals surface area contributed by atoms with E-state index in [-0.39, 0.29) is 5.75 Å². The fourth-order valence-corrected chi connectivity index (χ4v) is 3.23. The second-order valence-corrected chi connectivity index (χ2v) is 6.09. The van der Waals surface area contributed by atoms with E-state index in [1.165, 1.54) is 0 Å². The highest BCUT2D eigenvalue weighted by Crippen LogP contribution is 2.12. The van der Waals surface area contributed by atoms with E-state index in [0.29, 0.717) is 25.6 Å². The third-order valence-electron chi connectivity index (χ3n) is 2.78. The quantitative estimate of drug-likeness (QED) is 0.689. The average Bonchev–Trinajstić information content (AvgIpc) is 2.09. The lowest BCUT2D eigenvalue weighted by Gasteiger charge is -2.36. The van der Waals surface area contributed by atoms with Crippen LogP contribution in [0.1, 0.15) is 20.3 Å². The van der Waals surface area contributed by atoms with Gasteiger partial charge >= 0.3 is 0 Å². The van der Waals surface area contributed by atoms with E-state index in [1.807, 2.05) is 14.0 Å². The Morgan fingerprint density at radius 3 is 2.50 bits per heavy atom. The Morgan fingerprint density at radius 1 is 1.36 bits per heavy atom. The van der Waals surface area contributed by atoms with Gasteiger partial charge in [0.2, 0.25) is 10.0 Å². The minimum Gasteiger partial charge on any atom is -0.301 e. The largest absolute Gasteiger partial charge is 0.301 e. The summed E-state index contributed by atoms with van der Waals surface area (Å²) in [5, 5.41) is 0. The van der Waals surface area contributed by atoms with Gasteiger partial charge < -0.3 is 4.90 Å². The molecule has 1 atom stereocenters. The molecule has 1 aliphatic heterocycles. The smallest absolute Gasteiger partial charge is 0.214 e. The van der Waals surface area contributed by atoms with Crippen molar-refractivity contribution in [2.45, 2.75) is 26.3 Å². The first-order valence-electron chi connectivity index (χ1n) is 5.15. The lowest BCUT2D eigenvalue weighted by atomic mass is 10.2. The molecule has 0 aromatic rings. The fraction of sp³-hybridized carbons (Fsp3) is 1.00. The predicted molar refractivity (Wildman–Crippen MR) is 57.7 cm³/mol. The molecule has 14 heavy (non-hydrogen) atoms. The predicted octanol–water partition coefficient (Wildman–Crippen LogP) is 0.362. The lowest BCUT2D eigenvalue weighted by Crippen LogP contribution is -2.52. The summed E-state index contributed by atoms with van der Waals surface area (Å²) in [5.74, 6) is 0.281. The van der Waals surface area contributed by atoms with Gasteiger partial charge in [0.05, 0.1) is 5.75 Å². The van der Waals surface area contributed by atoms with Crippen LogP contribution >= 0.6 is 0 Å². The van der Waals surface area contributed by atoms with Crippen LogP contribution in [0.3, 0.4) is 0 Å². The Bertz CT molecular complexity index is 277. The third kappa shape index (κ3) is 2.68. The monoisotopic (exact) mass is 220 g/mol. The second-order valence-electron chi connectivity index (χ2n) is 4.00. The summed E-state index contributed by atoms with van der Waals surface area (Å²) in [6.07, 6.45) is 0.697. The van der Waals surface area contributed by atoms with Gasteiger partial charge in [0.15, 0.2) is 0 Å². The molecule has 1 fully saturated rings. The summed E-state index contributed by atoms with van der Waals surface area (Å²) in [4.78, 5) is 2.19. The Labute approximate surface area is 86.9 Å². The van der Waals surface area contributed by atoms with Crippen molar-refractivity contribution in [3.8, 4) is 0 Å². The van der Waals surface area contributed by atoms with Crippen LogP contribution in [0.2, 0.25) is 0 Å². The van der Waals surface area contributed by atoms with Crippen molar-refractivity contribution < 1.29 is 8.42 Å². The van der Waals surface area contributed by atoms with Crippen molar-refractivity contribution >= 4 is 10.0 Å². The molecule has 0 aromatic carbocycles. The molecule has 1 aliphatic rings. The van der Waals surface area contributed by atoms with Gasteiger partial charge in [-0.2, -0.15) is 4.31 Å². The van der Waals surface area contributed by atoms with Crippen LogP contribution in [-0.2, 0) is 10.0 Å². The SMILES string of the molecule is CCCS(=O)(=O)N1CCN(C)C(C)C1. The molecule has 0 radical (unpaired) electrons. The van der Waals surface area contributed by atoms with E-state index in [0.717, 1.165) is 6.54 Å². The first-order valence-corrected chi connectivity index (χ1v) is 6.76. The summed E-state index contributed by atoms with van der Waals surface area (Å²) in [6.45, 7) is 6.08. The minimum atomic E-state index is -2.98. The normalized spacial score (nSPS) is 26.6. The summed E-state index contributed by atoms with van der Waals surface area (Å²) >= 11 is 0. The molecule has 0 amide bonds. The molecular weight excluding hydrogens is 200 g/mol. The van der Waals surface area contributed by atoms with Crippen molar-refractivity contribution in [3.63, 3.8) is 0 Å². The zero-order valence-corrected chi connectivity index (χ0v) is 10.0. The van der Waals surface area contributed by atoms with Gasteiger partial charge in [-0.05, 0) is 20.4 Å². The molecule has 0 N–H and O–H groups in total. The van der Waals surface area contributed by atoms with Gasteiger partial charge in [0, 0.05) is 25.7 Å². The molecule has 1 rings (SSSR count). The van der Waals surface area contributed by atoms with E-state index < -0.39 is 10.0 Å². The summed E-state index contributed by atoms with van der Waals surface area (Å²) in [5.41, 5.74) is 0. The zero-order valence-electron chi connectivity index (χ0n) is 9.23. The van der Waals surface area contributed by atoms with Crippen LogP contribution in [0.15, 0.2) is 0 Å². The zero-order chi connectivity index (χ0) is 10.8. The Hall–Kier alpha value is -0.130. The van der Waals surface area contributed by atoms with Crippen molar-refractivity contribution in [3.05, 3.63) is 0 Å². The minimum absolute atomic E-state index is 0.281. The molecule has 4 nitrogen and oxygen atoms in total. The fourth-order valence-electron chi connectivity index (χ4n) is 1.65. The van der Waals surface area contributed by atoms with Gasteiger partial charge in [-0.25, -0.2) is 8.42 Å². The van der Waals surface area contributed by atoms with Crippen LogP contribution in [0.4, 0.5) is 0 Å². The van der Waals surface area contributed by atoms with E-state index in [1.54, 1.807) is 4.31 Å². The van der Waals surface area contributed by atoms with E-state index in [4.69, 9.17) is 0 Å². The second kappa shape index (κ2) is 4.59. The third-order valence-corrected chi connectivity index (χ3v) is 4.82. The van der Waals surface area contributed by atoms with Gasteiger partial charge in [-0.1, -0.05) is 6.92 Å². The van der Waals surface area contributed by atoms with Crippen LogP contribution in [0, 0.1) is 0 Å². The molecule has 1 unspecified atom stereocenters. The molecule has 1 saturated heterocycles. The molecule has 1 heterocycles. The maximum Gasteiger partial charge on any atom is 0.214 e. The molecule has 84 valence electrons.